The lowest BCUT2D eigenvalue weighted by Crippen LogP contribution is -1.86. The third-order valence-electron chi connectivity index (χ3n) is 3.23. The Morgan fingerprint density at radius 3 is 2.69 bits per heavy atom. The summed E-state index contributed by atoms with van der Waals surface area (Å²) in [6.07, 6.45) is 5.17. The predicted octanol–water partition coefficient (Wildman–Crippen LogP) is 4.88. The summed E-state index contributed by atoms with van der Waals surface area (Å²) in [6, 6.07) is 13.4. The van der Waals surface area contributed by atoms with Crippen molar-refractivity contribution in [2.24, 2.45) is 0 Å². The van der Waals surface area contributed by atoms with Crippen molar-refractivity contribution in [3.8, 4) is 0 Å². The second-order valence-electron chi connectivity index (χ2n) is 4.59. The molecule has 0 saturated heterocycles. The van der Waals surface area contributed by atoms with Gasteiger partial charge in [0, 0.05) is 0 Å². The molecular formula is C16H20. The van der Waals surface area contributed by atoms with Crippen LogP contribution in [-0.2, 0) is 6.42 Å². The van der Waals surface area contributed by atoms with Crippen LogP contribution in [0, 0.1) is 6.92 Å². The zero-order valence-corrected chi connectivity index (χ0v) is 10.3. The van der Waals surface area contributed by atoms with Crippen molar-refractivity contribution < 1.29 is 0 Å². The molecule has 0 aliphatic heterocycles. The minimum absolute atomic E-state index is 1.22. The molecule has 0 spiro atoms. The van der Waals surface area contributed by atoms with Crippen LogP contribution in [0.25, 0.3) is 10.8 Å². The summed E-state index contributed by atoms with van der Waals surface area (Å²) in [5.41, 5.74) is 2.85. The average molecular weight is 212 g/mol. The van der Waals surface area contributed by atoms with E-state index in [2.05, 4.69) is 50.2 Å². The van der Waals surface area contributed by atoms with Crippen LogP contribution in [0.5, 0.6) is 0 Å². The molecule has 0 fully saturated rings. The van der Waals surface area contributed by atoms with Crippen LogP contribution in [0.2, 0.25) is 0 Å². The molecule has 2 aromatic rings. The van der Waals surface area contributed by atoms with Crippen LogP contribution < -0.4 is 0 Å². The highest BCUT2D eigenvalue weighted by molar-refractivity contribution is 5.86. The van der Waals surface area contributed by atoms with Crippen molar-refractivity contribution in [3.63, 3.8) is 0 Å². The molecule has 0 bridgehead atoms. The molecule has 0 heterocycles. The van der Waals surface area contributed by atoms with Crippen molar-refractivity contribution in [3.05, 3.63) is 47.5 Å². The van der Waals surface area contributed by atoms with Gasteiger partial charge in [-0.15, -0.1) is 0 Å². The van der Waals surface area contributed by atoms with Crippen LogP contribution >= 0.6 is 0 Å². The highest BCUT2D eigenvalue weighted by atomic mass is 14.0. The second-order valence-corrected chi connectivity index (χ2v) is 4.59. The molecule has 0 N–H and O–H groups in total. The first-order chi connectivity index (χ1) is 7.81. The monoisotopic (exact) mass is 212 g/mol. The molecule has 0 radical (unpaired) electrons. The lowest BCUT2D eigenvalue weighted by Gasteiger charge is -2.05. The Hall–Kier alpha value is -1.30. The number of fused-ring (bicyclic) bond motifs is 1. The molecule has 0 nitrogen and oxygen atoms in total. The van der Waals surface area contributed by atoms with Gasteiger partial charge in [0.1, 0.15) is 0 Å². The van der Waals surface area contributed by atoms with Crippen LogP contribution in [0.15, 0.2) is 36.4 Å². The number of aryl methyl sites for hydroxylation is 2. The van der Waals surface area contributed by atoms with Gasteiger partial charge in [-0.3, -0.25) is 0 Å². The molecule has 0 heteroatoms. The first kappa shape index (κ1) is 11.2. The van der Waals surface area contributed by atoms with E-state index in [0.717, 1.165) is 0 Å². The van der Waals surface area contributed by atoms with Gasteiger partial charge in [-0.1, -0.05) is 56.2 Å². The fraction of sp³-hybridized carbons (Fsp3) is 0.375. The van der Waals surface area contributed by atoms with Crippen LogP contribution in [0.1, 0.15) is 37.3 Å². The van der Waals surface area contributed by atoms with Crippen molar-refractivity contribution in [1.82, 2.24) is 0 Å². The van der Waals surface area contributed by atoms with E-state index >= 15 is 0 Å². The normalized spacial score (nSPS) is 10.9. The zero-order chi connectivity index (χ0) is 11.4. The highest BCUT2D eigenvalue weighted by Crippen LogP contribution is 2.20. The van der Waals surface area contributed by atoms with Gasteiger partial charge in [0.2, 0.25) is 0 Å². The van der Waals surface area contributed by atoms with Gasteiger partial charge in [-0.05, 0) is 41.7 Å². The number of hydrogen-bond donors (Lipinski definition) is 0. The first-order valence-corrected chi connectivity index (χ1v) is 6.29. The summed E-state index contributed by atoms with van der Waals surface area (Å²) in [4.78, 5) is 0. The summed E-state index contributed by atoms with van der Waals surface area (Å²) in [5, 5.41) is 2.77. The predicted molar refractivity (Wildman–Crippen MR) is 71.9 cm³/mol. The van der Waals surface area contributed by atoms with E-state index in [1.165, 1.54) is 47.6 Å². The van der Waals surface area contributed by atoms with E-state index in [1.807, 2.05) is 0 Å². The van der Waals surface area contributed by atoms with Gasteiger partial charge in [0.15, 0.2) is 0 Å². The standard InChI is InChI=1S/C16H20/c1-3-4-5-8-14-10-11-16-13(2)7-6-9-15(16)12-14/h6-7,9-12H,3-5,8H2,1-2H3. The van der Waals surface area contributed by atoms with Crippen molar-refractivity contribution >= 4 is 10.8 Å². The van der Waals surface area contributed by atoms with Crippen LogP contribution in [0.4, 0.5) is 0 Å². The van der Waals surface area contributed by atoms with E-state index in [4.69, 9.17) is 0 Å². The Labute approximate surface area is 98.3 Å². The molecule has 2 aromatic carbocycles. The van der Waals surface area contributed by atoms with Gasteiger partial charge in [0.25, 0.3) is 0 Å². The Morgan fingerprint density at radius 1 is 1.00 bits per heavy atom. The van der Waals surface area contributed by atoms with Crippen LogP contribution in [0.3, 0.4) is 0 Å². The molecule has 0 amide bonds. The fourth-order valence-corrected chi connectivity index (χ4v) is 2.23. The van der Waals surface area contributed by atoms with E-state index in [1.54, 1.807) is 0 Å². The average Bonchev–Trinajstić information content (AvgIpc) is 2.30. The molecule has 2 rings (SSSR count). The lowest BCUT2D eigenvalue weighted by atomic mass is 10.0. The number of benzene rings is 2. The molecule has 0 aliphatic carbocycles. The first-order valence-electron chi connectivity index (χ1n) is 6.29. The Bertz CT molecular complexity index is 468. The van der Waals surface area contributed by atoms with E-state index in [-0.39, 0.29) is 0 Å². The highest BCUT2D eigenvalue weighted by Gasteiger charge is 1.98. The van der Waals surface area contributed by atoms with Gasteiger partial charge < -0.3 is 0 Å². The molecule has 0 aromatic heterocycles. The minimum atomic E-state index is 1.22. The number of rotatable bonds is 4. The molecular weight excluding hydrogens is 192 g/mol. The van der Waals surface area contributed by atoms with Crippen molar-refractivity contribution in [1.29, 1.82) is 0 Å². The molecule has 84 valence electrons. The van der Waals surface area contributed by atoms with Gasteiger partial charge in [-0.2, -0.15) is 0 Å². The quantitative estimate of drug-likeness (QED) is 0.633. The van der Waals surface area contributed by atoms with E-state index in [0.29, 0.717) is 0 Å². The smallest absolute Gasteiger partial charge is 0.0155 e. The largest absolute Gasteiger partial charge is 0.0654 e. The summed E-state index contributed by atoms with van der Waals surface area (Å²) in [7, 11) is 0. The summed E-state index contributed by atoms with van der Waals surface area (Å²) < 4.78 is 0. The summed E-state index contributed by atoms with van der Waals surface area (Å²) >= 11 is 0. The number of hydrogen-bond acceptors (Lipinski definition) is 0. The fourth-order valence-electron chi connectivity index (χ4n) is 2.23. The Morgan fingerprint density at radius 2 is 1.88 bits per heavy atom. The molecule has 0 unspecified atom stereocenters. The zero-order valence-electron chi connectivity index (χ0n) is 10.3. The van der Waals surface area contributed by atoms with Gasteiger partial charge in [-0.25, -0.2) is 0 Å². The Balaban J connectivity index is 2.23. The topological polar surface area (TPSA) is 0 Å². The third kappa shape index (κ3) is 2.44. The summed E-state index contributed by atoms with van der Waals surface area (Å²) in [5.74, 6) is 0. The maximum atomic E-state index is 2.35. The third-order valence-corrected chi connectivity index (χ3v) is 3.23. The molecule has 0 aliphatic rings. The Kier molecular flexibility index (Phi) is 3.61. The maximum absolute atomic E-state index is 2.35. The van der Waals surface area contributed by atoms with Crippen LogP contribution in [-0.4, -0.2) is 0 Å². The maximum Gasteiger partial charge on any atom is -0.0155 e. The van der Waals surface area contributed by atoms with E-state index < -0.39 is 0 Å². The molecule has 0 atom stereocenters. The molecule has 0 saturated carbocycles. The van der Waals surface area contributed by atoms with Gasteiger partial charge >= 0.3 is 0 Å². The molecule has 16 heavy (non-hydrogen) atoms. The summed E-state index contributed by atoms with van der Waals surface area (Å²) in [6.45, 7) is 4.43. The van der Waals surface area contributed by atoms with Crippen molar-refractivity contribution in [2.75, 3.05) is 0 Å². The number of unbranched alkanes of at least 4 members (excludes halogenated alkanes) is 2. The minimum Gasteiger partial charge on any atom is -0.0654 e. The second kappa shape index (κ2) is 5.16. The van der Waals surface area contributed by atoms with Crippen molar-refractivity contribution in [2.45, 2.75) is 39.5 Å². The SMILES string of the molecule is CCCCCc1ccc2c(C)cccc2c1. The lowest BCUT2D eigenvalue weighted by molar-refractivity contribution is 0.718. The van der Waals surface area contributed by atoms with Gasteiger partial charge in [0.05, 0.1) is 0 Å². The van der Waals surface area contributed by atoms with E-state index in [9.17, 15) is 0 Å².